The van der Waals surface area contributed by atoms with Gasteiger partial charge in [0.25, 0.3) is 0 Å². The Balaban J connectivity index is 2.30. The Kier molecular flexibility index (Phi) is 1.56. The Morgan fingerprint density at radius 3 is 2.91 bits per heavy atom. The van der Waals surface area contributed by atoms with E-state index in [1.54, 1.807) is 0 Å². The number of hydrogen-bond donors (Lipinski definition) is 0. The van der Waals surface area contributed by atoms with Gasteiger partial charge in [-0.1, -0.05) is 12.0 Å². The van der Waals surface area contributed by atoms with Crippen molar-refractivity contribution in [3.05, 3.63) is 11.0 Å². The molecule has 0 amide bonds. The molecule has 1 saturated carbocycles. The zero-order valence-electron chi connectivity index (χ0n) is 6.41. The van der Waals surface area contributed by atoms with Crippen LogP contribution in [0.1, 0.15) is 25.7 Å². The zero-order chi connectivity index (χ0) is 7.90. The molecule has 2 aliphatic rings. The first-order valence-electron chi connectivity index (χ1n) is 4.11. The fourth-order valence-corrected chi connectivity index (χ4v) is 3.82. The highest BCUT2D eigenvalue weighted by Gasteiger charge is 2.30. The van der Waals surface area contributed by atoms with E-state index in [0.717, 1.165) is 12.8 Å². The van der Waals surface area contributed by atoms with Gasteiger partial charge in [-0.2, -0.15) is 0 Å². The third-order valence-corrected chi connectivity index (χ3v) is 4.09. The summed E-state index contributed by atoms with van der Waals surface area (Å²) in [5.41, 5.74) is 1.19. The maximum atomic E-state index is 11.1. The van der Waals surface area contributed by atoms with Crippen molar-refractivity contribution in [1.82, 2.24) is 0 Å². The SMILES string of the molecule is O=S1(=O)C=C2CCCCC2C1. The Morgan fingerprint density at radius 1 is 1.36 bits per heavy atom. The summed E-state index contributed by atoms with van der Waals surface area (Å²) in [4.78, 5) is 0. The number of allylic oxidation sites excluding steroid dienone is 1. The molecule has 62 valence electrons. The average Bonchev–Trinajstić information content (AvgIpc) is 2.21. The first kappa shape index (κ1) is 7.35. The van der Waals surface area contributed by atoms with Gasteiger partial charge in [0.15, 0.2) is 9.84 Å². The molecule has 1 heterocycles. The molecule has 0 aromatic heterocycles. The van der Waals surface area contributed by atoms with Gasteiger partial charge in [-0.15, -0.1) is 0 Å². The predicted octanol–water partition coefficient (Wildman–Crippen LogP) is 1.49. The summed E-state index contributed by atoms with van der Waals surface area (Å²) in [5, 5.41) is 1.51. The number of sulfone groups is 1. The van der Waals surface area contributed by atoms with E-state index in [1.165, 1.54) is 23.8 Å². The molecular weight excluding hydrogens is 160 g/mol. The zero-order valence-corrected chi connectivity index (χ0v) is 7.23. The van der Waals surface area contributed by atoms with Crippen molar-refractivity contribution in [2.24, 2.45) is 5.92 Å². The number of rotatable bonds is 0. The second-order valence-corrected chi connectivity index (χ2v) is 5.36. The summed E-state index contributed by atoms with van der Waals surface area (Å²) in [5.74, 6) is 0.774. The van der Waals surface area contributed by atoms with Crippen LogP contribution in [-0.4, -0.2) is 14.2 Å². The molecule has 0 aromatic rings. The summed E-state index contributed by atoms with van der Waals surface area (Å²) in [6, 6.07) is 0. The molecule has 0 radical (unpaired) electrons. The standard InChI is InChI=1S/C8H12O2S/c9-11(10)5-7-3-1-2-4-8(7)6-11/h5,8H,1-4,6H2. The van der Waals surface area contributed by atoms with Gasteiger partial charge in [-0.25, -0.2) is 8.42 Å². The van der Waals surface area contributed by atoms with Crippen LogP contribution in [0.4, 0.5) is 0 Å². The van der Waals surface area contributed by atoms with Crippen LogP contribution in [0.5, 0.6) is 0 Å². The van der Waals surface area contributed by atoms with Gasteiger partial charge in [-0.05, 0) is 25.2 Å². The lowest BCUT2D eigenvalue weighted by molar-refractivity contribution is 0.490. The molecule has 0 saturated heterocycles. The normalized spacial score (nSPS) is 34.5. The molecule has 2 rings (SSSR count). The van der Waals surface area contributed by atoms with Crippen molar-refractivity contribution in [2.45, 2.75) is 25.7 Å². The van der Waals surface area contributed by atoms with Crippen molar-refractivity contribution in [3.63, 3.8) is 0 Å². The van der Waals surface area contributed by atoms with E-state index in [2.05, 4.69) is 0 Å². The second-order valence-electron chi connectivity index (χ2n) is 3.46. The topological polar surface area (TPSA) is 34.1 Å². The van der Waals surface area contributed by atoms with Gasteiger partial charge in [0.1, 0.15) is 0 Å². The Morgan fingerprint density at radius 2 is 2.18 bits per heavy atom. The minimum Gasteiger partial charge on any atom is -0.224 e. The third-order valence-electron chi connectivity index (χ3n) is 2.56. The fourth-order valence-electron chi connectivity index (χ4n) is 2.01. The van der Waals surface area contributed by atoms with E-state index >= 15 is 0 Å². The molecule has 0 N–H and O–H groups in total. The third kappa shape index (κ3) is 1.34. The molecule has 0 bridgehead atoms. The Hall–Kier alpha value is -0.310. The highest BCUT2D eigenvalue weighted by Crippen LogP contribution is 2.35. The summed E-state index contributed by atoms with van der Waals surface area (Å²) >= 11 is 0. The minimum absolute atomic E-state index is 0.383. The highest BCUT2D eigenvalue weighted by molar-refractivity contribution is 7.94. The summed E-state index contributed by atoms with van der Waals surface area (Å²) in [6.45, 7) is 0. The first-order chi connectivity index (χ1) is 5.17. The molecular formula is C8H12O2S. The molecule has 0 aromatic carbocycles. The number of hydrogen-bond acceptors (Lipinski definition) is 2. The van der Waals surface area contributed by atoms with Crippen LogP contribution in [0, 0.1) is 5.92 Å². The summed E-state index contributed by atoms with van der Waals surface area (Å²) in [7, 11) is -2.79. The lowest BCUT2D eigenvalue weighted by Crippen LogP contribution is -2.11. The summed E-state index contributed by atoms with van der Waals surface area (Å²) in [6.07, 6.45) is 4.49. The van der Waals surface area contributed by atoms with Crippen molar-refractivity contribution >= 4 is 9.84 Å². The van der Waals surface area contributed by atoms with E-state index < -0.39 is 9.84 Å². The van der Waals surface area contributed by atoms with Crippen LogP contribution in [0.2, 0.25) is 0 Å². The van der Waals surface area contributed by atoms with Crippen LogP contribution in [0.15, 0.2) is 11.0 Å². The van der Waals surface area contributed by atoms with Crippen LogP contribution in [0.3, 0.4) is 0 Å². The smallest absolute Gasteiger partial charge is 0.172 e. The van der Waals surface area contributed by atoms with Crippen LogP contribution in [0.25, 0.3) is 0 Å². The molecule has 1 aliphatic heterocycles. The Bertz CT molecular complexity index is 287. The van der Waals surface area contributed by atoms with Gasteiger partial charge >= 0.3 is 0 Å². The molecule has 1 fully saturated rings. The van der Waals surface area contributed by atoms with Gasteiger partial charge in [0.2, 0.25) is 0 Å². The maximum absolute atomic E-state index is 11.1. The van der Waals surface area contributed by atoms with E-state index in [9.17, 15) is 8.42 Å². The van der Waals surface area contributed by atoms with E-state index in [0.29, 0.717) is 11.7 Å². The van der Waals surface area contributed by atoms with Gasteiger partial charge in [0.05, 0.1) is 5.75 Å². The molecule has 1 unspecified atom stereocenters. The fraction of sp³-hybridized carbons (Fsp3) is 0.750. The molecule has 2 nitrogen and oxygen atoms in total. The van der Waals surface area contributed by atoms with Crippen LogP contribution in [-0.2, 0) is 9.84 Å². The monoisotopic (exact) mass is 172 g/mol. The second kappa shape index (κ2) is 2.34. The lowest BCUT2D eigenvalue weighted by atomic mass is 9.87. The quantitative estimate of drug-likeness (QED) is 0.554. The van der Waals surface area contributed by atoms with Crippen molar-refractivity contribution in [3.8, 4) is 0 Å². The van der Waals surface area contributed by atoms with Gasteiger partial charge in [-0.3, -0.25) is 0 Å². The van der Waals surface area contributed by atoms with Gasteiger partial charge in [0, 0.05) is 5.41 Å². The molecule has 0 spiro atoms. The molecule has 1 aliphatic carbocycles. The van der Waals surface area contributed by atoms with Crippen molar-refractivity contribution < 1.29 is 8.42 Å². The molecule has 1 atom stereocenters. The number of fused-ring (bicyclic) bond motifs is 1. The van der Waals surface area contributed by atoms with Crippen molar-refractivity contribution in [2.75, 3.05) is 5.75 Å². The maximum Gasteiger partial charge on any atom is 0.172 e. The first-order valence-corrected chi connectivity index (χ1v) is 5.82. The van der Waals surface area contributed by atoms with Crippen LogP contribution >= 0.6 is 0 Å². The largest absolute Gasteiger partial charge is 0.224 e. The van der Waals surface area contributed by atoms with E-state index in [4.69, 9.17) is 0 Å². The highest BCUT2D eigenvalue weighted by atomic mass is 32.2. The molecule has 11 heavy (non-hydrogen) atoms. The lowest BCUT2D eigenvalue weighted by Gasteiger charge is -2.18. The molecule has 3 heteroatoms. The van der Waals surface area contributed by atoms with Gasteiger partial charge < -0.3 is 0 Å². The Labute approximate surface area is 67.2 Å². The average molecular weight is 172 g/mol. The van der Waals surface area contributed by atoms with Crippen molar-refractivity contribution in [1.29, 1.82) is 0 Å². The van der Waals surface area contributed by atoms with Crippen LogP contribution < -0.4 is 0 Å². The summed E-state index contributed by atoms with van der Waals surface area (Å²) < 4.78 is 22.2. The minimum atomic E-state index is -2.79. The van der Waals surface area contributed by atoms with E-state index in [-0.39, 0.29) is 0 Å². The predicted molar refractivity (Wildman–Crippen MR) is 43.8 cm³/mol. The van der Waals surface area contributed by atoms with E-state index in [1.807, 2.05) is 0 Å².